The Morgan fingerprint density at radius 1 is 1.60 bits per heavy atom. The number of aromatic nitrogens is 1. The highest BCUT2D eigenvalue weighted by Crippen LogP contribution is 2.21. The Balaban J connectivity index is 1.99. The normalized spacial score (nSPS) is 21.8. The van der Waals surface area contributed by atoms with Crippen molar-refractivity contribution < 1.29 is 14.6 Å². The van der Waals surface area contributed by atoms with Crippen molar-refractivity contribution in [3.05, 3.63) is 18.3 Å². The number of pyridine rings is 1. The zero-order valence-corrected chi connectivity index (χ0v) is 11.9. The number of ether oxygens (including phenoxy) is 1. The van der Waals surface area contributed by atoms with Crippen molar-refractivity contribution in [2.24, 2.45) is 0 Å². The van der Waals surface area contributed by atoms with Crippen LogP contribution in [0.5, 0.6) is 0 Å². The van der Waals surface area contributed by atoms with Gasteiger partial charge in [0.05, 0.1) is 12.7 Å². The summed E-state index contributed by atoms with van der Waals surface area (Å²) in [5, 5.41) is 11.8. The number of rotatable bonds is 5. The molecule has 6 nitrogen and oxygen atoms in total. The third-order valence-electron chi connectivity index (χ3n) is 3.36. The lowest BCUT2D eigenvalue weighted by Crippen LogP contribution is -2.28. The minimum absolute atomic E-state index is 0.0581. The van der Waals surface area contributed by atoms with E-state index in [9.17, 15) is 4.79 Å². The predicted molar refractivity (Wildman–Crippen MR) is 76.8 cm³/mol. The fraction of sp³-hybridized carbons (Fsp3) is 0.571. The molecule has 0 radical (unpaired) electrons. The van der Waals surface area contributed by atoms with Gasteiger partial charge in [0.2, 0.25) is 0 Å². The summed E-state index contributed by atoms with van der Waals surface area (Å²) in [6, 6.07) is 3.53. The molecular weight excluding hydrogens is 258 g/mol. The molecule has 0 saturated carbocycles. The van der Waals surface area contributed by atoms with E-state index in [1.54, 1.807) is 18.3 Å². The molecule has 1 aliphatic heterocycles. The Labute approximate surface area is 118 Å². The first kappa shape index (κ1) is 14.7. The van der Waals surface area contributed by atoms with E-state index in [0.29, 0.717) is 18.1 Å². The number of carbonyl (C=O) groups is 1. The number of aliphatic hydroxyl groups excluding tert-OH is 1. The quantitative estimate of drug-likeness (QED) is 0.841. The van der Waals surface area contributed by atoms with E-state index >= 15 is 0 Å². The summed E-state index contributed by atoms with van der Waals surface area (Å²) in [4.78, 5) is 18.1. The third-order valence-corrected chi connectivity index (χ3v) is 3.36. The van der Waals surface area contributed by atoms with Gasteiger partial charge in [-0.05, 0) is 25.8 Å². The van der Waals surface area contributed by atoms with Crippen LogP contribution in [0.1, 0.15) is 19.8 Å². The summed E-state index contributed by atoms with van der Waals surface area (Å²) in [5.74, 6) is 0.592. The maximum absolute atomic E-state index is 12.1. The average Bonchev–Trinajstić information content (AvgIpc) is 2.86. The molecule has 0 aromatic carbocycles. The van der Waals surface area contributed by atoms with E-state index in [0.717, 1.165) is 12.8 Å². The van der Waals surface area contributed by atoms with Crippen molar-refractivity contribution in [1.29, 1.82) is 0 Å². The summed E-state index contributed by atoms with van der Waals surface area (Å²) < 4.78 is 5.54. The van der Waals surface area contributed by atoms with Gasteiger partial charge in [0.25, 0.3) is 5.91 Å². The first-order chi connectivity index (χ1) is 9.60. The third kappa shape index (κ3) is 3.68. The largest absolute Gasteiger partial charge is 0.395 e. The van der Waals surface area contributed by atoms with Crippen LogP contribution in [-0.2, 0) is 9.53 Å². The van der Waals surface area contributed by atoms with Crippen LogP contribution in [0.4, 0.5) is 11.5 Å². The molecule has 1 aliphatic rings. The lowest BCUT2D eigenvalue weighted by Gasteiger charge is -2.18. The van der Waals surface area contributed by atoms with Crippen molar-refractivity contribution in [2.75, 3.05) is 30.4 Å². The molecule has 20 heavy (non-hydrogen) atoms. The average molecular weight is 279 g/mol. The monoisotopic (exact) mass is 279 g/mol. The maximum atomic E-state index is 12.1. The van der Waals surface area contributed by atoms with Crippen LogP contribution in [0.25, 0.3) is 0 Å². The molecular formula is C14H21N3O3. The summed E-state index contributed by atoms with van der Waals surface area (Å²) in [6.45, 7) is 2.53. The first-order valence-electron chi connectivity index (χ1n) is 6.84. The van der Waals surface area contributed by atoms with E-state index in [1.807, 2.05) is 18.9 Å². The van der Waals surface area contributed by atoms with Gasteiger partial charge in [-0.2, -0.15) is 0 Å². The Hall–Kier alpha value is -1.66. The van der Waals surface area contributed by atoms with Crippen molar-refractivity contribution in [3.63, 3.8) is 0 Å². The zero-order chi connectivity index (χ0) is 14.5. The molecule has 2 rings (SSSR count). The Morgan fingerprint density at radius 3 is 3.05 bits per heavy atom. The Kier molecular flexibility index (Phi) is 4.92. The SMILES string of the molecule is CC1CCC(C(=O)Nc2ccnc(N(C)CCO)c2)O1. The summed E-state index contributed by atoms with van der Waals surface area (Å²) in [6.07, 6.45) is 3.09. The van der Waals surface area contributed by atoms with E-state index in [1.165, 1.54) is 0 Å². The second-order valence-electron chi connectivity index (χ2n) is 5.05. The van der Waals surface area contributed by atoms with Crippen molar-refractivity contribution in [2.45, 2.75) is 32.0 Å². The van der Waals surface area contributed by atoms with Gasteiger partial charge >= 0.3 is 0 Å². The highest BCUT2D eigenvalue weighted by molar-refractivity contribution is 5.94. The van der Waals surface area contributed by atoms with Crippen LogP contribution in [0.3, 0.4) is 0 Å². The van der Waals surface area contributed by atoms with Crippen LogP contribution < -0.4 is 10.2 Å². The molecule has 2 heterocycles. The molecule has 2 N–H and O–H groups in total. The number of nitrogens with one attached hydrogen (secondary N) is 1. The Bertz CT molecular complexity index is 467. The number of amides is 1. The molecule has 1 amide bonds. The van der Waals surface area contributed by atoms with Crippen molar-refractivity contribution >= 4 is 17.4 Å². The molecule has 1 fully saturated rings. The highest BCUT2D eigenvalue weighted by Gasteiger charge is 2.28. The lowest BCUT2D eigenvalue weighted by molar-refractivity contribution is -0.126. The van der Waals surface area contributed by atoms with Crippen LogP contribution in [-0.4, -0.2) is 48.4 Å². The standard InChI is InChI=1S/C14H21N3O3/c1-10-3-4-12(20-10)14(19)16-11-5-6-15-13(9-11)17(2)7-8-18/h5-6,9-10,12,18H,3-4,7-8H2,1-2H3,(H,15,16,19). The van der Waals surface area contributed by atoms with Gasteiger partial charge in [-0.15, -0.1) is 0 Å². The van der Waals surface area contributed by atoms with Gasteiger partial charge in [-0.3, -0.25) is 4.79 Å². The second-order valence-corrected chi connectivity index (χ2v) is 5.05. The van der Waals surface area contributed by atoms with Gasteiger partial charge in [-0.25, -0.2) is 4.98 Å². The van der Waals surface area contributed by atoms with Crippen molar-refractivity contribution in [3.8, 4) is 0 Å². The number of hydrogen-bond acceptors (Lipinski definition) is 5. The van der Waals surface area contributed by atoms with E-state index < -0.39 is 0 Å². The van der Waals surface area contributed by atoms with Gasteiger partial charge in [0.1, 0.15) is 11.9 Å². The van der Waals surface area contributed by atoms with Crippen molar-refractivity contribution in [1.82, 2.24) is 4.98 Å². The fourth-order valence-corrected chi connectivity index (χ4v) is 2.19. The molecule has 2 unspecified atom stereocenters. The van der Waals surface area contributed by atoms with Gasteiger partial charge < -0.3 is 20.1 Å². The minimum Gasteiger partial charge on any atom is -0.395 e. The predicted octanol–water partition coefficient (Wildman–Crippen LogP) is 1.02. The lowest BCUT2D eigenvalue weighted by atomic mass is 10.2. The molecule has 0 bridgehead atoms. The Morgan fingerprint density at radius 2 is 2.40 bits per heavy atom. The van der Waals surface area contributed by atoms with Crippen LogP contribution in [0.2, 0.25) is 0 Å². The first-order valence-corrected chi connectivity index (χ1v) is 6.84. The number of nitrogens with zero attached hydrogens (tertiary/aromatic N) is 2. The molecule has 1 saturated heterocycles. The summed E-state index contributed by atoms with van der Waals surface area (Å²) >= 11 is 0. The molecule has 110 valence electrons. The molecule has 1 aromatic heterocycles. The van der Waals surface area contributed by atoms with Gasteiger partial charge in [0.15, 0.2) is 0 Å². The topological polar surface area (TPSA) is 74.7 Å². The molecule has 0 spiro atoms. The molecule has 6 heteroatoms. The fourth-order valence-electron chi connectivity index (χ4n) is 2.19. The number of hydrogen-bond donors (Lipinski definition) is 2. The molecule has 2 atom stereocenters. The summed E-state index contributed by atoms with van der Waals surface area (Å²) in [7, 11) is 1.84. The van der Waals surface area contributed by atoms with Gasteiger partial charge in [-0.1, -0.05) is 0 Å². The molecule has 0 aliphatic carbocycles. The second kappa shape index (κ2) is 6.67. The van der Waals surface area contributed by atoms with E-state index in [4.69, 9.17) is 9.84 Å². The zero-order valence-electron chi connectivity index (χ0n) is 11.9. The number of likely N-dealkylation sites (N-methyl/N-ethyl adjacent to an activating group) is 1. The van der Waals surface area contributed by atoms with E-state index in [-0.39, 0.29) is 24.7 Å². The smallest absolute Gasteiger partial charge is 0.253 e. The van der Waals surface area contributed by atoms with Gasteiger partial charge in [0, 0.05) is 31.5 Å². The maximum Gasteiger partial charge on any atom is 0.253 e. The number of aliphatic hydroxyl groups is 1. The molecule has 1 aromatic rings. The van der Waals surface area contributed by atoms with E-state index in [2.05, 4.69) is 10.3 Å². The van der Waals surface area contributed by atoms with Crippen LogP contribution >= 0.6 is 0 Å². The van der Waals surface area contributed by atoms with Crippen LogP contribution in [0, 0.1) is 0 Å². The number of carbonyl (C=O) groups excluding carboxylic acids is 1. The number of anilines is 2. The van der Waals surface area contributed by atoms with Crippen LogP contribution in [0.15, 0.2) is 18.3 Å². The summed E-state index contributed by atoms with van der Waals surface area (Å²) in [5.41, 5.74) is 0.688. The highest BCUT2D eigenvalue weighted by atomic mass is 16.5. The minimum atomic E-state index is -0.364.